The molecule has 1 aromatic carbocycles. The van der Waals surface area contributed by atoms with E-state index in [9.17, 15) is 22.8 Å². The summed E-state index contributed by atoms with van der Waals surface area (Å²) < 4.78 is 42.0. The fraction of sp³-hybridized carbons (Fsp3) is 0.312. The van der Waals surface area contributed by atoms with Crippen LogP contribution in [-0.4, -0.2) is 28.5 Å². The molecule has 0 bridgehead atoms. The molecule has 1 amide bonds. The summed E-state index contributed by atoms with van der Waals surface area (Å²) in [6.45, 7) is 0.885. The molecule has 0 saturated carbocycles. The van der Waals surface area contributed by atoms with E-state index in [1.54, 1.807) is 0 Å². The van der Waals surface area contributed by atoms with Crippen molar-refractivity contribution < 1.29 is 22.7 Å². The molecule has 134 valence electrons. The standard InChI is InChI=1S/C16H16F3N3O3/c1-2-9-22-14(23)8-7-13(21-22)15(24)20-11-3-5-12(6-4-11)25-10-16(17,18)19/h3-8H,2,9-10H2,1H3,(H,20,24). The minimum absolute atomic E-state index is 0.0324. The van der Waals surface area contributed by atoms with E-state index in [1.165, 1.54) is 41.1 Å². The van der Waals surface area contributed by atoms with E-state index in [-0.39, 0.29) is 17.0 Å². The number of halogens is 3. The van der Waals surface area contributed by atoms with Gasteiger partial charge in [0.2, 0.25) is 0 Å². The number of carbonyl (C=O) groups excluding carboxylic acids is 1. The van der Waals surface area contributed by atoms with Gasteiger partial charge in [-0.1, -0.05) is 6.92 Å². The monoisotopic (exact) mass is 355 g/mol. The fourth-order valence-electron chi connectivity index (χ4n) is 1.94. The van der Waals surface area contributed by atoms with E-state index in [1.807, 2.05) is 6.92 Å². The van der Waals surface area contributed by atoms with Gasteiger partial charge in [-0.3, -0.25) is 9.59 Å². The zero-order valence-corrected chi connectivity index (χ0v) is 13.3. The van der Waals surface area contributed by atoms with Crippen LogP contribution < -0.4 is 15.6 Å². The highest BCUT2D eigenvalue weighted by atomic mass is 19.4. The normalized spacial score (nSPS) is 11.2. The van der Waals surface area contributed by atoms with Gasteiger partial charge in [-0.2, -0.15) is 18.3 Å². The van der Waals surface area contributed by atoms with Crippen LogP contribution in [0.4, 0.5) is 18.9 Å². The van der Waals surface area contributed by atoms with Crippen molar-refractivity contribution in [1.29, 1.82) is 0 Å². The number of aromatic nitrogens is 2. The van der Waals surface area contributed by atoms with E-state index in [0.717, 1.165) is 0 Å². The maximum absolute atomic E-state index is 12.2. The number of alkyl halides is 3. The Kier molecular flexibility index (Phi) is 5.79. The van der Waals surface area contributed by atoms with E-state index < -0.39 is 18.7 Å². The molecule has 0 unspecified atom stereocenters. The molecule has 1 heterocycles. The lowest BCUT2D eigenvalue weighted by Gasteiger charge is -2.10. The Morgan fingerprint density at radius 3 is 2.48 bits per heavy atom. The topological polar surface area (TPSA) is 73.2 Å². The summed E-state index contributed by atoms with van der Waals surface area (Å²) >= 11 is 0. The Balaban J connectivity index is 2.03. The van der Waals surface area contributed by atoms with Gasteiger partial charge in [-0.15, -0.1) is 0 Å². The molecule has 0 aliphatic rings. The minimum Gasteiger partial charge on any atom is -0.484 e. The SMILES string of the molecule is CCCn1nc(C(=O)Nc2ccc(OCC(F)(F)F)cc2)ccc1=O. The molecule has 6 nitrogen and oxygen atoms in total. The zero-order chi connectivity index (χ0) is 18.4. The summed E-state index contributed by atoms with van der Waals surface area (Å²) in [7, 11) is 0. The number of aryl methyl sites for hydroxylation is 1. The van der Waals surface area contributed by atoms with Gasteiger partial charge in [-0.25, -0.2) is 4.68 Å². The first-order valence-corrected chi connectivity index (χ1v) is 7.47. The predicted molar refractivity (Wildman–Crippen MR) is 84.7 cm³/mol. The van der Waals surface area contributed by atoms with Gasteiger partial charge in [0.05, 0.1) is 0 Å². The molecular formula is C16H16F3N3O3. The number of amides is 1. The molecule has 0 aliphatic heterocycles. The van der Waals surface area contributed by atoms with Crippen LogP contribution in [-0.2, 0) is 6.54 Å². The summed E-state index contributed by atoms with van der Waals surface area (Å²) in [5, 5.41) is 6.53. The third kappa shape index (κ3) is 5.63. The molecule has 0 aliphatic carbocycles. The van der Waals surface area contributed by atoms with Crippen molar-refractivity contribution >= 4 is 11.6 Å². The lowest BCUT2D eigenvalue weighted by atomic mass is 10.3. The van der Waals surface area contributed by atoms with E-state index in [4.69, 9.17) is 0 Å². The Bertz CT molecular complexity index is 786. The highest BCUT2D eigenvalue weighted by molar-refractivity contribution is 6.02. The molecule has 0 spiro atoms. The summed E-state index contributed by atoms with van der Waals surface area (Å²) in [5.74, 6) is -0.501. The third-order valence-corrected chi connectivity index (χ3v) is 3.05. The second kappa shape index (κ2) is 7.82. The second-order valence-corrected chi connectivity index (χ2v) is 5.16. The first-order chi connectivity index (χ1) is 11.8. The van der Waals surface area contributed by atoms with Crippen molar-refractivity contribution in [2.24, 2.45) is 0 Å². The predicted octanol–water partition coefficient (Wildman–Crippen LogP) is 2.85. The highest BCUT2D eigenvalue weighted by Gasteiger charge is 2.28. The number of anilines is 1. The quantitative estimate of drug-likeness (QED) is 0.865. The van der Waals surface area contributed by atoms with Crippen LogP contribution in [0.2, 0.25) is 0 Å². The molecule has 25 heavy (non-hydrogen) atoms. The number of rotatable bonds is 6. The van der Waals surface area contributed by atoms with Gasteiger partial charge in [0, 0.05) is 18.3 Å². The van der Waals surface area contributed by atoms with Gasteiger partial charge in [-0.05, 0) is 36.8 Å². The van der Waals surface area contributed by atoms with Gasteiger partial charge >= 0.3 is 6.18 Å². The molecule has 1 aromatic heterocycles. The Hall–Kier alpha value is -2.84. The van der Waals surface area contributed by atoms with Crippen LogP contribution in [0.15, 0.2) is 41.2 Å². The smallest absolute Gasteiger partial charge is 0.422 e. The van der Waals surface area contributed by atoms with Crippen LogP contribution in [0.5, 0.6) is 5.75 Å². The van der Waals surface area contributed by atoms with Gasteiger partial charge < -0.3 is 10.1 Å². The number of nitrogens with one attached hydrogen (secondary N) is 1. The molecule has 2 rings (SSSR count). The Morgan fingerprint density at radius 1 is 1.20 bits per heavy atom. The zero-order valence-electron chi connectivity index (χ0n) is 13.3. The number of hydrogen-bond donors (Lipinski definition) is 1. The van der Waals surface area contributed by atoms with Crippen molar-refractivity contribution in [3.05, 3.63) is 52.4 Å². The lowest BCUT2D eigenvalue weighted by Crippen LogP contribution is -2.26. The van der Waals surface area contributed by atoms with Gasteiger partial charge in [0.25, 0.3) is 11.5 Å². The third-order valence-electron chi connectivity index (χ3n) is 3.05. The van der Waals surface area contributed by atoms with Crippen LogP contribution in [0.3, 0.4) is 0 Å². The summed E-state index contributed by atoms with van der Waals surface area (Å²) in [5.41, 5.74) is 0.120. The van der Waals surface area contributed by atoms with Crippen molar-refractivity contribution in [3.63, 3.8) is 0 Å². The van der Waals surface area contributed by atoms with Crippen molar-refractivity contribution in [2.75, 3.05) is 11.9 Å². The second-order valence-electron chi connectivity index (χ2n) is 5.16. The van der Waals surface area contributed by atoms with Crippen molar-refractivity contribution in [2.45, 2.75) is 26.1 Å². The molecule has 0 saturated heterocycles. The van der Waals surface area contributed by atoms with Crippen LogP contribution in [0.25, 0.3) is 0 Å². The minimum atomic E-state index is -4.42. The highest BCUT2D eigenvalue weighted by Crippen LogP contribution is 2.20. The lowest BCUT2D eigenvalue weighted by molar-refractivity contribution is -0.153. The molecule has 1 N–H and O–H groups in total. The molecular weight excluding hydrogens is 339 g/mol. The van der Waals surface area contributed by atoms with Crippen LogP contribution in [0, 0.1) is 0 Å². The molecule has 0 radical (unpaired) electrons. The van der Waals surface area contributed by atoms with Crippen LogP contribution in [0.1, 0.15) is 23.8 Å². The summed E-state index contributed by atoms with van der Waals surface area (Å²) in [6, 6.07) is 8.01. The maximum atomic E-state index is 12.2. The maximum Gasteiger partial charge on any atom is 0.422 e. The summed E-state index contributed by atoms with van der Waals surface area (Å²) in [6.07, 6.45) is -3.72. The van der Waals surface area contributed by atoms with Crippen molar-refractivity contribution in [1.82, 2.24) is 9.78 Å². The number of hydrogen-bond acceptors (Lipinski definition) is 4. The first-order valence-electron chi connectivity index (χ1n) is 7.47. The van der Waals surface area contributed by atoms with E-state index in [2.05, 4.69) is 15.2 Å². The largest absolute Gasteiger partial charge is 0.484 e. The number of nitrogens with zero attached hydrogens (tertiary/aromatic N) is 2. The van der Waals surface area contributed by atoms with Gasteiger partial charge in [0.1, 0.15) is 11.4 Å². The molecule has 0 fully saturated rings. The Morgan fingerprint density at radius 2 is 1.88 bits per heavy atom. The first kappa shape index (κ1) is 18.5. The average Bonchev–Trinajstić information content (AvgIpc) is 2.55. The average molecular weight is 355 g/mol. The summed E-state index contributed by atoms with van der Waals surface area (Å²) in [4.78, 5) is 23.7. The number of ether oxygens (including phenoxy) is 1. The van der Waals surface area contributed by atoms with E-state index in [0.29, 0.717) is 18.7 Å². The molecule has 0 atom stereocenters. The Labute approximate surface area is 141 Å². The molecule has 2 aromatic rings. The fourth-order valence-corrected chi connectivity index (χ4v) is 1.94. The number of benzene rings is 1. The number of carbonyl (C=O) groups is 1. The van der Waals surface area contributed by atoms with E-state index >= 15 is 0 Å². The van der Waals surface area contributed by atoms with Gasteiger partial charge in [0.15, 0.2) is 6.61 Å². The van der Waals surface area contributed by atoms with Crippen LogP contribution >= 0.6 is 0 Å². The van der Waals surface area contributed by atoms with Crippen molar-refractivity contribution in [3.8, 4) is 5.75 Å². The molecule has 9 heteroatoms.